The predicted octanol–water partition coefficient (Wildman–Crippen LogP) is 5.62. The first-order valence-electron chi connectivity index (χ1n) is 14.6. The molecule has 0 radical (unpaired) electrons. The number of benzene rings is 2. The van der Waals surface area contributed by atoms with Gasteiger partial charge in [-0.25, -0.2) is 0 Å². The van der Waals surface area contributed by atoms with Crippen molar-refractivity contribution in [3.63, 3.8) is 0 Å². The number of pyridine rings is 1. The molecule has 2 fully saturated rings. The highest BCUT2D eigenvalue weighted by atomic mass is 16.5. The Morgan fingerprint density at radius 2 is 1.59 bits per heavy atom. The van der Waals surface area contributed by atoms with Gasteiger partial charge in [-0.2, -0.15) is 0 Å². The highest BCUT2D eigenvalue weighted by Crippen LogP contribution is 2.25. The summed E-state index contributed by atoms with van der Waals surface area (Å²) in [4.78, 5) is 47.7. The number of ether oxygens (including phenoxy) is 1. The highest BCUT2D eigenvalue weighted by molar-refractivity contribution is 5.99. The molecule has 2 aliphatic heterocycles. The normalized spacial score (nSPS) is 18.2. The fourth-order valence-electron chi connectivity index (χ4n) is 5.89. The summed E-state index contributed by atoms with van der Waals surface area (Å²) in [5, 5.41) is 0. The summed E-state index contributed by atoms with van der Waals surface area (Å²) in [7, 11) is 1.67. The number of carbonyl (C=O) groups excluding carboxylic acids is 3. The number of carbonyl (C=O) groups is 3. The van der Waals surface area contributed by atoms with Crippen LogP contribution in [0.25, 0.3) is 0 Å². The average Bonchev–Trinajstić information content (AvgIpc) is 3.02. The van der Waals surface area contributed by atoms with Crippen LogP contribution in [0.5, 0.6) is 5.75 Å². The van der Waals surface area contributed by atoms with Crippen molar-refractivity contribution >= 4 is 17.5 Å². The molecule has 7 nitrogen and oxygen atoms in total. The van der Waals surface area contributed by atoms with E-state index in [4.69, 9.17) is 4.74 Å². The molecule has 0 saturated carbocycles. The lowest BCUT2D eigenvalue weighted by atomic mass is 9.89. The molecular formula is C34H39N3O4. The predicted molar refractivity (Wildman–Crippen MR) is 158 cm³/mol. The molecule has 1 unspecified atom stereocenters. The molecule has 2 aliphatic rings. The second kappa shape index (κ2) is 13.2. The third-order valence-corrected chi connectivity index (χ3v) is 8.47. The van der Waals surface area contributed by atoms with Crippen molar-refractivity contribution < 1.29 is 19.1 Å². The maximum absolute atomic E-state index is 13.2. The van der Waals surface area contributed by atoms with Crippen molar-refractivity contribution in [1.82, 2.24) is 14.8 Å². The van der Waals surface area contributed by atoms with Crippen LogP contribution >= 0.6 is 0 Å². The van der Waals surface area contributed by atoms with Crippen molar-refractivity contribution in [2.45, 2.75) is 45.6 Å². The van der Waals surface area contributed by atoms with Gasteiger partial charge in [0, 0.05) is 49.3 Å². The number of hydrogen-bond acceptors (Lipinski definition) is 6. The van der Waals surface area contributed by atoms with Crippen molar-refractivity contribution in [3.8, 4) is 5.75 Å². The maximum atomic E-state index is 13.2. The quantitative estimate of drug-likeness (QED) is 0.320. The fourth-order valence-corrected chi connectivity index (χ4v) is 5.89. The van der Waals surface area contributed by atoms with Gasteiger partial charge in [-0.1, -0.05) is 42.0 Å². The van der Waals surface area contributed by atoms with Crippen LogP contribution in [0.4, 0.5) is 0 Å². The summed E-state index contributed by atoms with van der Waals surface area (Å²) >= 11 is 0. The van der Waals surface area contributed by atoms with E-state index >= 15 is 0 Å². The smallest absolute Gasteiger partial charge is 0.272 e. The first kappa shape index (κ1) is 28.7. The SMILES string of the molecule is COc1ccc(CN2CCC(CC(=O)c3ccc(C(=O)N4CCCC(C(=O)c5ccc(C)cc5)C4)nc3)CC2)cc1. The van der Waals surface area contributed by atoms with Crippen LogP contribution in [-0.2, 0) is 6.54 Å². The minimum Gasteiger partial charge on any atom is -0.497 e. The van der Waals surface area contributed by atoms with E-state index in [2.05, 4.69) is 22.0 Å². The molecule has 0 N–H and O–H groups in total. The number of methoxy groups -OCH3 is 1. The first-order chi connectivity index (χ1) is 19.9. The summed E-state index contributed by atoms with van der Waals surface area (Å²) < 4.78 is 5.24. The number of piperidine rings is 2. The molecule has 1 aromatic heterocycles. The lowest BCUT2D eigenvalue weighted by molar-refractivity contribution is 0.0631. The number of ketones is 2. The number of likely N-dealkylation sites (tertiary alicyclic amines) is 2. The molecule has 1 atom stereocenters. The number of rotatable bonds is 9. The molecule has 3 aromatic rings. The van der Waals surface area contributed by atoms with E-state index in [9.17, 15) is 14.4 Å². The van der Waals surface area contributed by atoms with E-state index in [1.165, 1.54) is 11.8 Å². The zero-order valence-corrected chi connectivity index (χ0v) is 24.1. The van der Waals surface area contributed by atoms with Crippen LogP contribution in [0.3, 0.4) is 0 Å². The molecule has 0 aliphatic carbocycles. The fraction of sp³-hybridized carbons (Fsp3) is 0.412. The average molecular weight is 554 g/mol. The first-order valence-corrected chi connectivity index (χ1v) is 14.6. The Morgan fingerprint density at radius 3 is 2.24 bits per heavy atom. The molecule has 214 valence electrons. The zero-order chi connectivity index (χ0) is 28.8. The van der Waals surface area contributed by atoms with Gasteiger partial charge >= 0.3 is 0 Å². The van der Waals surface area contributed by atoms with E-state index in [1.807, 2.05) is 43.3 Å². The highest BCUT2D eigenvalue weighted by Gasteiger charge is 2.30. The molecule has 0 spiro atoms. The third kappa shape index (κ3) is 7.27. The van der Waals surface area contributed by atoms with E-state index in [0.29, 0.717) is 42.2 Å². The van der Waals surface area contributed by atoms with Gasteiger partial charge < -0.3 is 9.64 Å². The maximum Gasteiger partial charge on any atom is 0.272 e. The largest absolute Gasteiger partial charge is 0.497 e. The lowest BCUT2D eigenvalue weighted by Gasteiger charge is -2.32. The second-order valence-electron chi connectivity index (χ2n) is 11.4. The summed E-state index contributed by atoms with van der Waals surface area (Å²) in [6, 6.07) is 19.2. The second-order valence-corrected chi connectivity index (χ2v) is 11.4. The van der Waals surface area contributed by atoms with Crippen LogP contribution in [0.2, 0.25) is 0 Å². The van der Waals surface area contributed by atoms with Gasteiger partial charge in [0.05, 0.1) is 7.11 Å². The Bertz CT molecular complexity index is 1340. The van der Waals surface area contributed by atoms with Crippen molar-refractivity contribution in [3.05, 3.63) is 94.8 Å². The number of aryl methyl sites for hydroxylation is 1. The Kier molecular flexibility index (Phi) is 9.24. The molecule has 2 saturated heterocycles. The van der Waals surface area contributed by atoms with Crippen LogP contribution in [0, 0.1) is 18.8 Å². The summed E-state index contributed by atoms with van der Waals surface area (Å²) in [5.74, 6) is 0.985. The van der Waals surface area contributed by atoms with Crippen molar-refractivity contribution in [2.24, 2.45) is 11.8 Å². The molecule has 7 heteroatoms. The topological polar surface area (TPSA) is 79.8 Å². The summed E-state index contributed by atoms with van der Waals surface area (Å²) in [6.07, 6.45) is 5.57. The van der Waals surface area contributed by atoms with E-state index < -0.39 is 0 Å². The number of nitrogens with zero attached hydrogens (tertiary/aromatic N) is 3. The number of Topliss-reactive ketones (excluding diaryl/α,β-unsaturated/α-hetero) is 2. The Balaban J connectivity index is 1.10. The molecule has 41 heavy (non-hydrogen) atoms. The van der Waals surface area contributed by atoms with Gasteiger partial charge in [0.2, 0.25) is 0 Å². The minimum atomic E-state index is -0.209. The molecule has 0 bridgehead atoms. The van der Waals surface area contributed by atoms with Gasteiger partial charge in [0.1, 0.15) is 11.4 Å². The molecule has 1 amide bonds. The molecule has 5 rings (SSSR count). The van der Waals surface area contributed by atoms with E-state index in [1.54, 1.807) is 24.1 Å². The number of aromatic nitrogens is 1. The van der Waals surface area contributed by atoms with Gasteiger partial charge in [-0.3, -0.25) is 24.3 Å². The van der Waals surface area contributed by atoms with Gasteiger partial charge in [0.15, 0.2) is 11.6 Å². The number of hydrogen-bond donors (Lipinski definition) is 0. The Hall–Kier alpha value is -3.84. The monoisotopic (exact) mass is 553 g/mol. The van der Waals surface area contributed by atoms with Crippen LogP contribution in [0.15, 0.2) is 66.9 Å². The van der Waals surface area contributed by atoms with E-state index in [-0.39, 0.29) is 23.4 Å². The van der Waals surface area contributed by atoms with Gasteiger partial charge in [0.25, 0.3) is 5.91 Å². The Morgan fingerprint density at radius 1 is 0.878 bits per heavy atom. The van der Waals surface area contributed by atoms with E-state index in [0.717, 1.165) is 56.6 Å². The third-order valence-electron chi connectivity index (χ3n) is 8.47. The van der Waals surface area contributed by atoms with Crippen molar-refractivity contribution in [2.75, 3.05) is 33.3 Å². The van der Waals surface area contributed by atoms with Crippen LogP contribution in [0.1, 0.15) is 74.4 Å². The van der Waals surface area contributed by atoms with Gasteiger partial charge in [-0.05, 0) is 81.4 Å². The summed E-state index contributed by atoms with van der Waals surface area (Å²) in [5.41, 5.74) is 3.93. The van der Waals surface area contributed by atoms with Crippen LogP contribution < -0.4 is 4.74 Å². The molecule has 2 aromatic carbocycles. The molecule has 3 heterocycles. The summed E-state index contributed by atoms with van der Waals surface area (Å²) in [6.45, 7) is 5.84. The number of amides is 1. The zero-order valence-electron chi connectivity index (χ0n) is 24.1. The standard InChI is InChI=1S/C34H39N3O4/c1-24-5-9-27(10-6-24)33(39)29-4-3-17-37(23-29)34(40)31-14-11-28(21-35-31)32(38)20-25-15-18-36(19-16-25)22-26-7-12-30(41-2)13-8-26/h5-14,21,25,29H,3-4,15-20,22-23H2,1-2H3. The Labute approximate surface area is 242 Å². The molecular weight excluding hydrogens is 514 g/mol. The van der Waals surface area contributed by atoms with Gasteiger partial charge in [-0.15, -0.1) is 0 Å². The van der Waals surface area contributed by atoms with Crippen LogP contribution in [-0.4, -0.2) is 65.5 Å². The lowest BCUT2D eigenvalue weighted by Crippen LogP contribution is -2.42. The minimum absolute atomic E-state index is 0.0758. The van der Waals surface area contributed by atoms with Crippen molar-refractivity contribution in [1.29, 1.82) is 0 Å².